The van der Waals surface area contributed by atoms with Gasteiger partial charge in [0.25, 0.3) is 0 Å². The first kappa shape index (κ1) is 15.1. The predicted molar refractivity (Wildman–Crippen MR) is 80.2 cm³/mol. The van der Waals surface area contributed by atoms with Gasteiger partial charge in [-0.2, -0.15) is 0 Å². The molecule has 21 heavy (non-hydrogen) atoms. The summed E-state index contributed by atoms with van der Waals surface area (Å²) in [6.45, 7) is 4.50. The number of nitrogens with zero attached hydrogens (tertiary/aromatic N) is 1. The lowest BCUT2D eigenvalue weighted by Gasteiger charge is -2.24. The SMILES string of the molecule is CCCC[C@H](COC)NC(=O)N1C[C@@H]2[C@@H](C1)[C@H]1CC[C@H]2O1. The molecule has 2 bridgehead atoms. The highest BCUT2D eigenvalue weighted by molar-refractivity contribution is 5.75. The quantitative estimate of drug-likeness (QED) is 0.816. The first-order valence-corrected chi connectivity index (χ1v) is 8.42. The molecule has 5 atom stereocenters. The number of urea groups is 1. The maximum atomic E-state index is 12.5. The van der Waals surface area contributed by atoms with Gasteiger partial charge in [-0.25, -0.2) is 4.79 Å². The van der Waals surface area contributed by atoms with Crippen molar-refractivity contribution in [3.8, 4) is 0 Å². The fourth-order valence-corrected chi connectivity index (χ4v) is 4.24. The maximum absolute atomic E-state index is 12.5. The number of fused-ring (bicyclic) bond motifs is 5. The maximum Gasteiger partial charge on any atom is 0.317 e. The van der Waals surface area contributed by atoms with Crippen LogP contribution in [0.3, 0.4) is 0 Å². The minimum atomic E-state index is 0.0851. The number of carbonyl (C=O) groups excluding carboxylic acids is 1. The summed E-state index contributed by atoms with van der Waals surface area (Å²) < 4.78 is 11.2. The van der Waals surface area contributed by atoms with Crippen LogP contribution in [0.5, 0.6) is 0 Å². The van der Waals surface area contributed by atoms with E-state index < -0.39 is 0 Å². The zero-order chi connectivity index (χ0) is 14.8. The molecule has 0 aromatic rings. The number of hydrogen-bond acceptors (Lipinski definition) is 3. The number of ether oxygens (including phenoxy) is 2. The lowest BCUT2D eigenvalue weighted by molar-refractivity contribution is 0.0732. The fraction of sp³-hybridized carbons (Fsp3) is 0.938. The normalized spacial score (nSPS) is 35.0. The zero-order valence-electron chi connectivity index (χ0n) is 13.2. The van der Waals surface area contributed by atoms with Crippen LogP contribution in [0.15, 0.2) is 0 Å². The standard InChI is InChI=1S/C16H28N2O3/c1-3-4-5-11(10-20-2)17-16(19)18-8-12-13(9-18)15-7-6-14(12)21-15/h11-15H,3-10H2,1-2H3,(H,17,19)/t11-,12-,13-,14-,15-/m1/s1. The molecular weight excluding hydrogens is 268 g/mol. The predicted octanol–water partition coefficient (Wildman–Crippen LogP) is 2.01. The van der Waals surface area contributed by atoms with E-state index in [0.29, 0.717) is 30.7 Å². The van der Waals surface area contributed by atoms with Gasteiger partial charge >= 0.3 is 6.03 Å². The molecule has 0 aliphatic carbocycles. The van der Waals surface area contributed by atoms with Crippen LogP contribution in [0, 0.1) is 11.8 Å². The Labute approximate surface area is 127 Å². The van der Waals surface area contributed by atoms with Crippen molar-refractivity contribution in [2.45, 2.75) is 57.3 Å². The molecule has 5 heteroatoms. The van der Waals surface area contributed by atoms with Gasteiger partial charge < -0.3 is 19.7 Å². The van der Waals surface area contributed by atoms with Crippen molar-refractivity contribution >= 4 is 6.03 Å². The monoisotopic (exact) mass is 296 g/mol. The number of unbranched alkanes of at least 4 members (excludes halogenated alkanes) is 1. The Balaban J connectivity index is 1.51. The first-order valence-electron chi connectivity index (χ1n) is 8.42. The Morgan fingerprint density at radius 2 is 2.00 bits per heavy atom. The molecule has 0 radical (unpaired) electrons. The van der Waals surface area contributed by atoms with Crippen molar-refractivity contribution in [2.24, 2.45) is 11.8 Å². The molecule has 1 N–H and O–H groups in total. The van der Waals surface area contributed by atoms with Gasteiger partial charge in [0, 0.05) is 32.0 Å². The summed E-state index contributed by atoms with van der Waals surface area (Å²) in [4.78, 5) is 14.5. The number of amides is 2. The largest absolute Gasteiger partial charge is 0.383 e. The highest BCUT2D eigenvalue weighted by Gasteiger charge is 2.53. The first-order chi connectivity index (χ1) is 10.2. The van der Waals surface area contributed by atoms with Gasteiger partial charge in [-0.1, -0.05) is 19.8 Å². The van der Waals surface area contributed by atoms with Crippen LogP contribution in [0.25, 0.3) is 0 Å². The van der Waals surface area contributed by atoms with E-state index in [1.54, 1.807) is 7.11 Å². The molecule has 3 saturated heterocycles. The van der Waals surface area contributed by atoms with Crippen LogP contribution in [-0.4, -0.2) is 56.0 Å². The van der Waals surface area contributed by atoms with Gasteiger partial charge in [0.1, 0.15) is 0 Å². The molecule has 3 fully saturated rings. The molecule has 120 valence electrons. The van der Waals surface area contributed by atoms with E-state index in [1.807, 2.05) is 4.90 Å². The Bertz CT molecular complexity index is 359. The van der Waals surface area contributed by atoms with E-state index in [1.165, 1.54) is 12.8 Å². The van der Waals surface area contributed by atoms with E-state index >= 15 is 0 Å². The van der Waals surface area contributed by atoms with E-state index in [9.17, 15) is 4.79 Å². The average Bonchev–Trinajstić information content (AvgIpc) is 3.16. The van der Waals surface area contributed by atoms with Crippen LogP contribution in [-0.2, 0) is 9.47 Å². The molecular formula is C16H28N2O3. The lowest BCUT2D eigenvalue weighted by Crippen LogP contribution is -2.46. The fourth-order valence-electron chi connectivity index (χ4n) is 4.24. The molecule has 0 saturated carbocycles. The molecule has 3 rings (SSSR count). The Hall–Kier alpha value is -0.810. The molecule has 0 aromatic carbocycles. The van der Waals surface area contributed by atoms with E-state index in [2.05, 4.69) is 12.2 Å². The van der Waals surface area contributed by atoms with Crippen molar-refractivity contribution < 1.29 is 14.3 Å². The Morgan fingerprint density at radius 3 is 2.57 bits per heavy atom. The van der Waals surface area contributed by atoms with Crippen LogP contribution in [0.2, 0.25) is 0 Å². The van der Waals surface area contributed by atoms with E-state index in [-0.39, 0.29) is 12.1 Å². The van der Waals surface area contributed by atoms with Gasteiger partial charge in [0.15, 0.2) is 0 Å². The van der Waals surface area contributed by atoms with Crippen LogP contribution < -0.4 is 5.32 Å². The molecule has 3 aliphatic heterocycles. The second-order valence-electron chi connectivity index (χ2n) is 6.77. The van der Waals surface area contributed by atoms with Crippen LogP contribution in [0.4, 0.5) is 4.79 Å². The molecule has 0 unspecified atom stereocenters. The summed E-state index contributed by atoms with van der Waals surface area (Å²) in [6, 6.07) is 0.220. The van der Waals surface area contributed by atoms with Crippen molar-refractivity contribution in [3.63, 3.8) is 0 Å². The smallest absolute Gasteiger partial charge is 0.317 e. The second-order valence-corrected chi connectivity index (χ2v) is 6.77. The van der Waals surface area contributed by atoms with E-state index in [4.69, 9.17) is 9.47 Å². The Kier molecular flexibility index (Phi) is 4.69. The third-order valence-electron chi connectivity index (χ3n) is 5.34. The molecule has 2 amide bonds. The number of hydrogen-bond donors (Lipinski definition) is 1. The highest BCUT2D eigenvalue weighted by Crippen LogP contribution is 2.47. The van der Waals surface area contributed by atoms with Gasteiger partial charge in [0.2, 0.25) is 0 Å². The third kappa shape index (κ3) is 3.04. The summed E-state index contributed by atoms with van der Waals surface area (Å²) in [5.74, 6) is 1.15. The van der Waals surface area contributed by atoms with Gasteiger partial charge in [0.05, 0.1) is 24.9 Å². The summed E-state index contributed by atoms with van der Waals surface area (Å²) in [5, 5.41) is 3.16. The number of nitrogens with one attached hydrogen (secondary N) is 1. The minimum absolute atomic E-state index is 0.0851. The van der Waals surface area contributed by atoms with Crippen molar-refractivity contribution in [3.05, 3.63) is 0 Å². The summed E-state index contributed by atoms with van der Waals surface area (Å²) in [7, 11) is 1.69. The summed E-state index contributed by atoms with van der Waals surface area (Å²) in [5.41, 5.74) is 0. The molecule has 0 aromatic heterocycles. The second kappa shape index (κ2) is 6.53. The third-order valence-corrected chi connectivity index (χ3v) is 5.34. The van der Waals surface area contributed by atoms with Crippen LogP contribution >= 0.6 is 0 Å². The van der Waals surface area contributed by atoms with Crippen molar-refractivity contribution in [1.29, 1.82) is 0 Å². The molecule has 0 spiro atoms. The van der Waals surface area contributed by atoms with Crippen LogP contribution in [0.1, 0.15) is 39.0 Å². The highest BCUT2D eigenvalue weighted by atomic mass is 16.5. The topological polar surface area (TPSA) is 50.8 Å². The minimum Gasteiger partial charge on any atom is -0.383 e. The number of carbonyl (C=O) groups is 1. The molecule has 3 heterocycles. The van der Waals surface area contributed by atoms with E-state index in [0.717, 1.165) is 32.4 Å². The lowest BCUT2D eigenvalue weighted by atomic mass is 9.82. The Morgan fingerprint density at radius 1 is 1.33 bits per heavy atom. The number of methoxy groups -OCH3 is 1. The van der Waals surface area contributed by atoms with Crippen molar-refractivity contribution in [1.82, 2.24) is 10.2 Å². The van der Waals surface area contributed by atoms with Gasteiger partial charge in [-0.3, -0.25) is 0 Å². The summed E-state index contributed by atoms with van der Waals surface area (Å²) >= 11 is 0. The number of rotatable bonds is 6. The molecule has 5 nitrogen and oxygen atoms in total. The molecule has 3 aliphatic rings. The zero-order valence-corrected chi connectivity index (χ0v) is 13.2. The average molecular weight is 296 g/mol. The number of likely N-dealkylation sites (tertiary alicyclic amines) is 1. The van der Waals surface area contributed by atoms with Crippen molar-refractivity contribution in [2.75, 3.05) is 26.8 Å². The summed E-state index contributed by atoms with van der Waals surface area (Å²) in [6.07, 6.45) is 6.45. The van der Waals surface area contributed by atoms with Gasteiger partial charge in [-0.15, -0.1) is 0 Å². The van der Waals surface area contributed by atoms with Gasteiger partial charge in [-0.05, 0) is 19.3 Å².